The number of benzene rings is 1. The van der Waals surface area contributed by atoms with Gasteiger partial charge in [-0.05, 0) is 29.8 Å². The Balaban J connectivity index is 2.59. The molecule has 0 aliphatic heterocycles. The number of rotatable bonds is 0. The monoisotopic (exact) mass is 166 g/mol. The lowest BCUT2D eigenvalue weighted by atomic mass is 9.95. The predicted molar refractivity (Wildman–Crippen MR) is 55.5 cm³/mol. The molecule has 3 rings (SSSR count). The molecule has 2 aromatic heterocycles. The summed E-state index contributed by atoms with van der Waals surface area (Å²) in [6.07, 6.45) is 3.75. The maximum atomic E-state index is 5.79. The molecule has 60 valence electrons. The van der Waals surface area contributed by atoms with Crippen LogP contribution in [0, 0.1) is 0 Å². The minimum absolute atomic E-state index is 0.798. The highest BCUT2D eigenvalue weighted by molar-refractivity contribution is 6.39. The first-order valence-corrected chi connectivity index (χ1v) is 4.18. The van der Waals surface area contributed by atoms with Crippen LogP contribution in [0.2, 0.25) is 0 Å². The van der Waals surface area contributed by atoms with Gasteiger partial charge in [-0.25, -0.2) is 0 Å². The van der Waals surface area contributed by atoms with Crippen molar-refractivity contribution in [3.05, 3.63) is 30.6 Å². The Morgan fingerprint density at radius 2 is 2.00 bits per heavy atom. The third-order valence-electron chi connectivity index (χ3n) is 2.39. The molecule has 2 heterocycles. The average molecular weight is 166 g/mol. The summed E-state index contributed by atoms with van der Waals surface area (Å²) >= 11 is 0. The number of fused-ring (bicyclic) bond motifs is 2. The molecule has 0 atom stereocenters. The molecule has 2 N–H and O–H groups in total. The summed E-state index contributed by atoms with van der Waals surface area (Å²) < 4.78 is 0. The van der Waals surface area contributed by atoms with Crippen molar-refractivity contribution in [3.63, 3.8) is 0 Å². The minimum Gasteiger partial charge on any atom is -0.362 e. The van der Waals surface area contributed by atoms with Crippen LogP contribution in [0.25, 0.3) is 21.8 Å². The van der Waals surface area contributed by atoms with Gasteiger partial charge in [-0.15, -0.1) is 0 Å². The van der Waals surface area contributed by atoms with Crippen molar-refractivity contribution < 1.29 is 0 Å². The summed E-state index contributed by atoms with van der Waals surface area (Å²) in [6.45, 7) is 0. The molecule has 3 heteroatoms. The van der Waals surface area contributed by atoms with Gasteiger partial charge < -0.3 is 9.97 Å². The Hall–Kier alpha value is -1.64. The lowest BCUT2D eigenvalue weighted by Crippen LogP contribution is -1.96. The number of aromatic nitrogens is 2. The van der Waals surface area contributed by atoms with E-state index in [0.29, 0.717) is 0 Å². The van der Waals surface area contributed by atoms with Gasteiger partial charge >= 0.3 is 0 Å². The smallest absolute Gasteiger partial charge is 0.116 e. The number of hydrogen-bond donors (Lipinski definition) is 2. The quantitative estimate of drug-likeness (QED) is 0.473. The summed E-state index contributed by atoms with van der Waals surface area (Å²) in [4.78, 5) is 6.29. The molecule has 0 saturated carbocycles. The van der Waals surface area contributed by atoms with E-state index in [1.807, 2.05) is 18.5 Å². The van der Waals surface area contributed by atoms with E-state index in [-0.39, 0.29) is 0 Å². The van der Waals surface area contributed by atoms with Gasteiger partial charge in [-0.1, -0.05) is 5.46 Å². The first-order chi connectivity index (χ1) is 6.34. The summed E-state index contributed by atoms with van der Waals surface area (Å²) in [5.74, 6) is 0. The Kier molecular flexibility index (Phi) is 1.15. The molecule has 0 aliphatic rings. The van der Waals surface area contributed by atoms with Gasteiger partial charge in [0.1, 0.15) is 7.85 Å². The summed E-state index contributed by atoms with van der Waals surface area (Å²) in [5.41, 5.74) is 3.01. The molecule has 0 bridgehead atoms. The molecular weight excluding hydrogens is 159 g/mol. The largest absolute Gasteiger partial charge is 0.362 e. The first kappa shape index (κ1) is 6.84. The Bertz CT molecular complexity index is 577. The molecule has 0 unspecified atom stereocenters. The van der Waals surface area contributed by atoms with E-state index in [1.165, 1.54) is 5.39 Å². The zero-order valence-corrected chi connectivity index (χ0v) is 6.96. The van der Waals surface area contributed by atoms with Crippen LogP contribution in [0.1, 0.15) is 0 Å². The molecule has 0 fully saturated rings. The fourth-order valence-electron chi connectivity index (χ4n) is 1.69. The third kappa shape index (κ3) is 0.841. The van der Waals surface area contributed by atoms with E-state index in [4.69, 9.17) is 7.85 Å². The summed E-state index contributed by atoms with van der Waals surface area (Å²) in [7, 11) is 5.79. The highest BCUT2D eigenvalue weighted by Crippen LogP contribution is 2.18. The van der Waals surface area contributed by atoms with Crippen molar-refractivity contribution in [2.24, 2.45) is 0 Å². The molecule has 0 aliphatic carbocycles. The van der Waals surface area contributed by atoms with Crippen LogP contribution in [0.4, 0.5) is 0 Å². The van der Waals surface area contributed by atoms with E-state index in [2.05, 4.69) is 22.1 Å². The average Bonchev–Trinajstić information content (AvgIpc) is 2.70. The maximum absolute atomic E-state index is 5.79. The molecule has 1 aromatic carbocycles. The predicted octanol–water partition coefficient (Wildman–Crippen LogP) is 1.44. The van der Waals surface area contributed by atoms with Crippen LogP contribution in [-0.4, -0.2) is 17.8 Å². The van der Waals surface area contributed by atoms with E-state index < -0.39 is 0 Å². The van der Waals surface area contributed by atoms with Gasteiger partial charge in [-0.3, -0.25) is 0 Å². The third-order valence-corrected chi connectivity index (χ3v) is 2.39. The molecule has 2 nitrogen and oxygen atoms in total. The van der Waals surface area contributed by atoms with Gasteiger partial charge in [0.15, 0.2) is 0 Å². The van der Waals surface area contributed by atoms with E-state index in [9.17, 15) is 0 Å². The lowest BCUT2D eigenvalue weighted by Gasteiger charge is -1.93. The van der Waals surface area contributed by atoms with E-state index in [1.54, 1.807) is 0 Å². The van der Waals surface area contributed by atoms with Crippen LogP contribution in [0.3, 0.4) is 0 Å². The Morgan fingerprint density at radius 3 is 2.92 bits per heavy atom. The van der Waals surface area contributed by atoms with Gasteiger partial charge in [0.25, 0.3) is 0 Å². The molecule has 0 saturated heterocycles. The van der Waals surface area contributed by atoms with Gasteiger partial charge in [-0.2, -0.15) is 0 Å². The highest BCUT2D eigenvalue weighted by Gasteiger charge is 2.01. The molecule has 13 heavy (non-hydrogen) atoms. The SMILES string of the molecule is [B]c1c[nH]c2cc3cc[nH]c3cc12. The Labute approximate surface area is 76.4 Å². The van der Waals surface area contributed by atoms with Crippen molar-refractivity contribution in [1.29, 1.82) is 0 Å². The molecule has 0 spiro atoms. The molecular formula is C10H7BN2. The Morgan fingerprint density at radius 1 is 1.08 bits per heavy atom. The maximum Gasteiger partial charge on any atom is 0.116 e. The standard InChI is InChI=1S/C10H7BN2/c11-8-5-13-10-3-6-1-2-12-9(6)4-7(8)10/h1-5,12-13H. The van der Waals surface area contributed by atoms with Crippen LogP contribution in [0.5, 0.6) is 0 Å². The zero-order valence-electron chi connectivity index (χ0n) is 6.96. The number of aromatic amines is 2. The van der Waals surface area contributed by atoms with Crippen LogP contribution < -0.4 is 5.46 Å². The fraction of sp³-hybridized carbons (Fsp3) is 0. The first-order valence-electron chi connectivity index (χ1n) is 4.18. The van der Waals surface area contributed by atoms with Crippen molar-refractivity contribution in [1.82, 2.24) is 9.97 Å². The molecule has 3 aromatic rings. The topological polar surface area (TPSA) is 31.6 Å². The van der Waals surface area contributed by atoms with Crippen molar-refractivity contribution in [2.45, 2.75) is 0 Å². The van der Waals surface area contributed by atoms with Gasteiger partial charge in [0.2, 0.25) is 0 Å². The second kappa shape index (κ2) is 2.19. The number of hydrogen-bond acceptors (Lipinski definition) is 0. The summed E-state index contributed by atoms with van der Waals surface area (Å²) in [5, 5.41) is 2.28. The van der Waals surface area contributed by atoms with Gasteiger partial charge in [0, 0.05) is 22.6 Å². The van der Waals surface area contributed by atoms with Crippen LogP contribution in [-0.2, 0) is 0 Å². The van der Waals surface area contributed by atoms with Crippen LogP contribution in [0.15, 0.2) is 30.6 Å². The summed E-state index contributed by atoms with van der Waals surface area (Å²) in [6, 6.07) is 6.21. The zero-order chi connectivity index (χ0) is 8.84. The fourth-order valence-corrected chi connectivity index (χ4v) is 1.69. The molecule has 0 amide bonds. The second-order valence-electron chi connectivity index (χ2n) is 3.21. The highest BCUT2D eigenvalue weighted by atomic mass is 14.7. The van der Waals surface area contributed by atoms with Crippen molar-refractivity contribution in [2.75, 3.05) is 0 Å². The van der Waals surface area contributed by atoms with Gasteiger partial charge in [0.05, 0.1) is 0 Å². The van der Waals surface area contributed by atoms with E-state index in [0.717, 1.165) is 21.9 Å². The van der Waals surface area contributed by atoms with Crippen molar-refractivity contribution >= 4 is 35.1 Å². The van der Waals surface area contributed by atoms with E-state index >= 15 is 0 Å². The normalized spacial score (nSPS) is 11.4. The number of H-pyrrole nitrogens is 2. The minimum atomic E-state index is 0.798. The van der Waals surface area contributed by atoms with Crippen LogP contribution >= 0.6 is 0 Å². The lowest BCUT2D eigenvalue weighted by molar-refractivity contribution is 1.48. The number of nitrogens with one attached hydrogen (secondary N) is 2. The second-order valence-corrected chi connectivity index (χ2v) is 3.21. The molecule has 2 radical (unpaired) electrons. The van der Waals surface area contributed by atoms with Crippen molar-refractivity contribution in [3.8, 4) is 0 Å².